The van der Waals surface area contributed by atoms with Crippen LogP contribution >= 0.6 is 0 Å². The van der Waals surface area contributed by atoms with E-state index in [4.69, 9.17) is 19.0 Å². The topological polar surface area (TPSA) is 106 Å². The van der Waals surface area contributed by atoms with Crippen molar-refractivity contribution in [1.82, 2.24) is 0 Å². The number of methoxy groups -OCH3 is 1. The predicted molar refractivity (Wildman–Crippen MR) is 103 cm³/mol. The second kappa shape index (κ2) is 7.36. The molecule has 7 heteroatoms. The summed E-state index contributed by atoms with van der Waals surface area (Å²) in [5.74, 6) is -0.403. The standard InChI is InChI=1S/C21H20O7/c1-21(2,25)19-18(13-6-4-5-7-14(13)20(24)28-19)12-8-9-15(16(10-12)26-3)27-11-17(22)23/h4-10,25H,11H2,1-3H3,(H,22,23). The van der Waals surface area contributed by atoms with Crippen molar-refractivity contribution in [2.75, 3.05) is 13.7 Å². The van der Waals surface area contributed by atoms with E-state index in [1.807, 2.05) is 0 Å². The smallest absolute Gasteiger partial charge is 0.343 e. The molecule has 0 radical (unpaired) electrons. The van der Waals surface area contributed by atoms with Gasteiger partial charge >= 0.3 is 11.6 Å². The predicted octanol–water partition coefficient (Wildman–Crippen LogP) is 3.16. The van der Waals surface area contributed by atoms with Gasteiger partial charge in [-0.3, -0.25) is 0 Å². The molecule has 0 amide bonds. The first-order valence-corrected chi connectivity index (χ1v) is 8.54. The zero-order valence-electron chi connectivity index (χ0n) is 15.7. The summed E-state index contributed by atoms with van der Waals surface area (Å²) in [5.41, 5.74) is -0.781. The molecule has 3 rings (SSSR count). The highest BCUT2D eigenvalue weighted by atomic mass is 16.5. The molecule has 0 saturated heterocycles. The molecular formula is C21H20O7. The normalized spacial score (nSPS) is 11.4. The lowest BCUT2D eigenvalue weighted by Crippen LogP contribution is -2.20. The summed E-state index contributed by atoms with van der Waals surface area (Å²) < 4.78 is 16.0. The molecule has 28 heavy (non-hydrogen) atoms. The van der Waals surface area contributed by atoms with Gasteiger partial charge < -0.3 is 24.1 Å². The van der Waals surface area contributed by atoms with Crippen molar-refractivity contribution in [1.29, 1.82) is 0 Å². The number of carboxylic acid groups (broad SMARTS) is 1. The van der Waals surface area contributed by atoms with Crippen LogP contribution in [0, 0.1) is 0 Å². The molecule has 0 spiro atoms. The summed E-state index contributed by atoms with van der Waals surface area (Å²) >= 11 is 0. The van der Waals surface area contributed by atoms with Crippen LogP contribution in [0.5, 0.6) is 11.5 Å². The third-order valence-electron chi connectivity index (χ3n) is 4.20. The maximum atomic E-state index is 12.4. The molecule has 2 aromatic carbocycles. The minimum absolute atomic E-state index is 0.123. The lowest BCUT2D eigenvalue weighted by atomic mass is 9.92. The number of hydrogen-bond acceptors (Lipinski definition) is 6. The van der Waals surface area contributed by atoms with E-state index >= 15 is 0 Å². The zero-order chi connectivity index (χ0) is 20.5. The Bertz CT molecular complexity index is 1090. The molecule has 0 saturated carbocycles. The van der Waals surface area contributed by atoms with Crippen LogP contribution in [-0.4, -0.2) is 29.9 Å². The van der Waals surface area contributed by atoms with Crippen molar-refractivity contribution in [2.24, 2.45) is 0 Å². The molecule has 0 aliphatic rings. The van der Waals surface area contributed by atoms with Gasteiger partial charge in [0.25, 0.3) is 0 Å². The number of rotatable bonds is 6. The van der Waals surface area contributed by atoms with E-state index in [1.165, 1.54) is 21.0 Å². The van der Waals surface area contributed by atoms with E-state index in [2.05, 4.69) is 0 Å². The minimum atomic E-state index is -1.41. The number of hydrogen-bond donors (Lipinski definition) is 2. The highest BCUT2D eigenvalue weighted by Gasteiger charge is 2.27. The largest absolute Gasteiger partial charge is 0.493 e. The highest BCUT2D eigenvalue weighted by molar-refractivity contribution is 5.97. The molecule has 0 aliphatic carbocycles. The van der Waals surface area contributed by atoms with Crippen LogP contribution in [0.25, 0.3) is 21.9 Å². The molecule has 0 atom stereocenters. The van der Waals surface area contributed by atoms with Gasteiger partial charge in [-0.15, -0.1) is 0 Å². The first-order valence-electron chi connectivity index (χ1n) is 8.54. The van der Waals surface area contributed by atoms with Gasteiger partial charge in [-0.2, -0.15) is 0 Å². The first-order chi connectivity index (χ1) is 13.2. The Balaban J connectivity index is 2.27. The van der Waals surface area contributed by atoms with Gasteiger partial charge in [0.2, 0.25) is 0 Å². The van der Waals surface area contributed by atoms with Crippen LogP contribution < -0.4 is 15.1 Å². The third kappa shape index (κ3) is 3.70. The summed E-state index contributed by atoms with van der Waals surface area (Å²) in [6.07, 6.45) is 0. The molecule has 1 aromatic heterocycles. The number of fused-ring (bicyclic) bond motifs is 1. The van der Waals surface area contributed by atoms with E-state index < -0.39 is 23.8 Å². The van der Waals surface area contributed by atoms with Crippen molar-refractivity contribution < 1.29 is 28.9 Å². The van der Waals surface area contributed by atoms with Crippen LogP contribution in [0.3, 0.4) is 0 Å². The number of aliphatic carboxylic acids is 1. The summed E-state index contributed by atoms with van der Waals surface area (Å²) in [7, 11) is 1.44. The van der Waals surface area contributed by atoms with E-state index in [0.29, 0.717) is 27.6 Å². The van der Waals surface area contributed by atoms with Crippen molar-refractivity contribution in [2.45, 2.75) is 19.4 Å². The molecule has 0 aliphatic heterocycles. The van der Waals surface area contributed by atoms with Crippen LogP contribution in [0.1, 0.15) is 19.6 Å². The Hall–Kier alpha value is -3.32. The number of carboxylic acids is 1. The van der Waals surface area contributed by atoms with Gasteiger partial charge in [-0.25, -0.2) is 9.59 Å². The molecule has 146 valence electrons. The highest BCUT2D eigenvalue weighted by Crippen LogP contribution is 2.39. The summed E-state index contributed by atoms with van der Waals surface area (Å²) in [6, 6.07) is 11.9. The molecule has 7 nitrogen and oxygen atoms in total. The Kier molecular flexibility index (Phi) is 5.11. The monoisotopic (exact) mass is 384 g/mol. The molecule has 0 fully saturated rings. The maximum Gasteiger partial charge on any atom is 0.343 e. The molecule has 0 bridgehead atoms. The van der Waals surface area contributed by atoms with E-state index in [-0.39, 0.29) is 11.5 Å². The van der Waals surface area contributed by atoms with Gasteiger partial charge in [-0.1, -0.05) is 24.3 Å². The first kappa shape index (κ1) is 19.4. The van der Waals surface area contributed by atoms with Gasteiger partial charge in [0.05, 0.1) is 12.5 Å². The van der Waals surface area contributed by atoms with Crippen LogP contribution in [0.2, 0.25) is 0 Å². The van der Waals surface area contributed by atoms with Crippen LogP contribution in [-0.2, 0) is 10.4 Å². The van der Waals surface area contributed by atoms with Gasteiger partial charge in [0.15, 0.2) is 18.1 Å². The van der Waals surface area contributed by atoms with Crippen LogP contribution in [0.4, 0.5) is 0 Å². The summed E-state index contributed by atoms with van der Waals surface area (Å²) in [4.78, 5) is 23.1. The Morgan fingerprint density at radius 2 is 1.79 bits per heavy atom. The quantitative estimate of drug-likeness (QED) is 0.672. The average Bonchev–Trinajstić information content (AvgIpc) is 2.65. The number of carbonyl (C=O) groups is 1. The van der Waals surface area contributed by atoms with Crippen molar-refractivity contribution in [3.63, 3.8) is 0 Å². The molecule has 2 N–H and O–H groups in total. The van der Waals surface area contributed by atoms with Crippen molar-refractivity contribution in [3.05, 3.63) is 58.6 Å². The maximum absolute atomic E-state index is 12.4. The zero-order valence-corrected chi connectivity index (χ0v) is 15.7. The number of aliphatic hydroxyl groups is 1. The number of ether oxygens (including phenoxy) is 2. The summed E-state index contributed by atoms with van der Waals surface area (Å²) in [6.45, 7) is 2.56. The lowest BCUT2D eigenvalue weighted by molar-refractivity contribution is -0.139. The molecule has 0 unspecified atom stereocenters. The third-order valence-corrected chi connectivity index (χ3v) is 4.20. The van der Waals surface area contributed by atoms with Crippen LogP contribution in [0.15, 0.2) is 51.7 Å². The molecular weight excluding hydrogens is 364 g/mol. The van der Waals surface area contributed by atoms with E-state index in [9.17, 15) is 14.7 Å². The van der Waals surface area contributed by atoms with Gasteiger partial charge in [-0.05, 0) is 37.6 Å². The lowest BCUT2D eigenvalue weighted by Gasteiger charge is -2.21. The van der Waals surface area contributed by atoms with Crippen molar-refractivity contribution in [3.8, 4) is 22.6 Å². The second-order valence-corrected chi connectivity index (χ2v) is 6.75. The van der Waals surface area contributed by atoms with E-state index in [0.717, 1.165) is 0 Å². The van der Waals surface area contributed by atoms with Crippen molar-refractivity contribution >= 4 is 16.7 Å². The molecule has 1 heterocycles. The fourth-order valence-corrected chi connectivity index (χ4v) is 3.00. The SMILES string of the molecule is COc1cc(-c2c(C(C)(C)O)oc(=O)c3ccccc23)ccc1OCC(=O)O. The fraction of sp³-hybridized carbons (Fsp3) is 0.238. The van der Waals surface area contributed by atoms with Gasteiger partial charge in [0.1, 0.15) is 11.4 Å². The molecule has 3 aromatic rings. The number of benzene rings is 2. The Morgan fingerprint density at radius 3 is 2.39 bits per heavy atom. The Labute approximate surface area is 160 Å². The van der Waals surface area contributed by atoms with E-state index in [1.54, 1.807) is 42.5 Å². The minimum Gasteiger partial charge on any atom is -0.493 e. The average molecular weight is 384 g/mol. The second-order valence-electron chi connectivity index (χ2n) is 6.75. The Morgan fingerprint density at radius 1 is 1.11 bits per heavy atom. The van der Waals surface area contributed by atoms with Gasteiger partial charge in [0, 0.05) is 10.9 Å². The fourth-order valence-electron chi connectivity index (χ4n) is 3.00. The summed E-state index contributed by atoms with van der Waals surface area (Å²) in [5, 5.41) is 20.4.